The van der Waals surface area contributed by atoms with Crippen LogP contribution in [0.1, 0.15) is 36.8 Å². The molecule has 3 atom stereocenters. The van der Waals surface area contributed by atoms with Gasteiger partial charge in [0, 0.05) is 24.0 Å². The molecule has 1 aromatic rings. The molecular formula is C22H22ClF6NO2. The first-order chi connectivity index (χ1) is 14.8. The lowest BCUT2D eigenvalue weighted by Crippen LogP contribution is -2.46. The Labute approximate surface area is 186 Å². The summed E-state index contributed by atoms with van der Waals surface area (Å²) in [7, 11) is 0. The van der Waals surface area contributed by atoms with Crippen molar-refractivity contribution in [3.8, 4) is 0 Å². The lowest BCUT2D eigenvalue weighted by molar-refractivity contribution is -0.139. The Morgan fingerprint density at radius 1 is 1.16 bits per heavy atom. The molecule has 0 saturated carbocycles. The number of benzene rings is 1. The molecule has 0 amide bonds. The third-order valence-corrected chi connectivity index (χ3v) is 6.40. The van der Waals surface area contributed by atoms with E-state index >= 15 is 0 Å². The van der Waals surface area contributed by atoms with Crippen molar-refractivity contribution in [1.29, 1.82) is 0 Å². The van der Waals surface area contributed by atoms with Crippen molar-refractivity contribution < 1.29 is 36.2 Å². The first kappa shape index (κ1) is 24.6. The summed E-state index contributed by atoms with van der Waals surface area (Å²) in [6.07, 6.45) is -4.38. The summed E-state index contributed by atoms with van der Waals surface area (Å²) < 4.78 is 78.3. The number of rotatable bonds is 5. The van der Waals surface area contributed by atoms with Gasteiger partial charge in [0.05, 0.1) is 11.1 Å². The van der Waals surface area contributed by atoms with Crippen molar-refractivity contribution in [3.05, 3.63) is 58.1 Å². The average Bonchev–Trinajstić information content (AvgIpc) is 2.69. The highest BCUT2D eigenvalue weighted by atomic mass is 35.5. The van der Waals surface area contributed by atoms with Crippen LogP contribution in [0.15, 0.2) is 42.0 Å². The molecule has 0 bridgehead atoms. The van der Waals surface area contributed by atoms with Crippen molar-refractivity contribution in [1.82, 2.24) is 4.90 Å². The van der Waals surface area contributed by atoms with Crippen LogP contribution in [0.25, 0.3) is 0 Å². The minimum Gasteiger partial charge on any atom is -0.481 e. The van der Waals surface area contributed by atoms with Gasteiger partial charge in [0.15, 0.2) is 0 Å². The van der Waals surface area contributed by atoms with Crippen molar-refractivity contribution in [2.75, 3.05) is 6.54 Å². The summed E-state index contributed by atoms with van der Waals surface area (Å²) in [5.74, 6) is -1.43. The third kappa shape index (κ3) is 6.07. The van der Waals surface area contributed by atoms with E-state index in [1.165, 1.54) is 12.1 Å². The van der Waals surface area contributed by atoms with Crippen molar-refractivity contribution in [3.63, 3.8) is 0 Å². The van der Waals surface area contributed by atoms with Crippen molar-refractivity contribution in [2.45, 2.75) is 50.6 Å². The number of nitrogens with zero attached hydrogens (tertiary/aromatic N) is 1. The topological polar surface area (TPSA) is 40.5 Å². The van der Waals surface area contributed by atoms with E-state index in [1.807, 2.05) is 4.90 Å². The molecule has 1 aromatic carbocycles. The van der Waals surface area contributed by atoms with Gasteiger partial charge in [-0.3, -0.25) is 9.69 Å². The van der Waals surface area contributed by atoms with Crippen LogP contribution < -0.4 is 0 Å². The molecule has 1 saturated heterocycles. The number of allylic oxidation sites excluding steroid dienone is 3. The van der Waals surface area contributed by atoms with E-state index in [0.717, 1.165) is 24.3 Å². The number of alkyl halides is 6. The average molecular weight is 482 g/mol. The molecule has 3 nitrogen and oxygen atoms in total. The quantitative estimate of drug-likeness (QED) is 0.489. The molecule has 0 aromatic heterocycles. The number of hydrogen-bond donors (Lipinski definition) is 1. The zero-order chi connectivity index (χ0) is 23.7. The zero-order valence-corrected chi connectivity index (χ0v) is 17.6. The maximum absolute atomic E-state index is 13.1. The number of carboxylic acids is 1. The number of halogens is 7. The Morgan fingerprint density at radius 3 is 2.44 bits per heavy atom. The van der Waals surface area contributed by atoms with Gasteiger partial charge in [0.2, 0.25) is 0 Å². The molecule has 0 radical (unpaired) electrons. The molecular weight excluding hydrogens is 460 g/mol. The van der Waals surface area contributed by atoms with Gasteiger partial charge >= 0.3 is 18.3 Å². The molecule has 3 rings (SSSR count). The minimum atomic E-state index is -4.53. The Bertz CT molecular complexity index is 909. The van der Waals surface area contributed by atoms with Crippen LogP contribution in [0.2, 0.25) is 5.02 Å². The third-order valence-electron chi connectivity index (χ3n) is 6.03. The SMILES string of the molecule is O=C(O)C[C@H]1CCN(Cc2cc(C(F)(F)F)ccc2Cl)[C@@H](C2C=CC(C(F)(F)F)=CC2)C1. The second-order valence-corrected chi connectivity index (χ2v) is 8.65. The predicted octanol–water partition coefficient (Wildman–Crippen LogP) is 6.48. The van der Waals surface area contributed by atoms with E-state index in [4.69, 9.17) is 16.7 Å². The first-order valence-corrected chi connectivity index (χ1v) is 10.5. The minimum absolute atomic E-state index is 0.0608. The molecule has 32 heavy (non-hydrogen) atoms. The smallest absolute Gasteiger partial charge is 0.416 e. The van der Waals surface area contributed by atoms with Gasteiger partial charge in [-0.25, -0.2) is 0 Å². The second kappa shape index (κ2) is 9.47. The summed E-state index contributed by atoms with van der Waals surface area (Å²) in [6, 6.07) is 2.75. The standard InChI is InChI=1S/C22H22ClF6NO2/c23-18-6-5-17(22(27,28)29)11-15(18)12-30-8-7-13(10-20(31)32)9-19(30)14-1-3-16(4-2-14)21(24,25)26/h1,3-6,11,13-14,19H,2,7-10,12H2,(H,31,32)/t13-,14?,19+/m0/s1. The fourth-order valence-electron chi connectivity index (χ4n) is 4.42. The Hall–Kier alpha value is -2.00. The zero-order valence-electron chi connectivity index (χ0n) is 16.9. The largest absolute Gasteiger partial charge is 0.481 e. The molecule has 1 aliphatic heterocycles. The van der Waals surface area contributed by atoms with E-state index in [-0.39, 0.29) is 47.9 Å². The summed E-state index contributed by atoms with van der Waals surface area (Å²) in [4.78, 5) is 13.1. The van der Waals surface area contributed by atoms with Gasteiger partial charge in [-0.05, 0) is 61.4 Å². The molecule has 1 heterocycles. The van der Waals surface area contributed by atoms with Crippen molar-refractivity contribution in [2.24, 2.45) is 11.8 Å². The molecule has 0 spiro atoms. The first-order valence-electron chi connectivity index (χ1n) is 10.1. The van der Waals surface area contributed by atoms with E-state index < -0.39 is 29.5 Å². The number of piperidine rings is 1. The van der Waals surface area contributed by atoms with E-state index in [1.54, 1.807) is 0 Å². The van der Waals surface area contributed by atoms with Crippen molar-refractivity contribution >= 4 is 17.6 Å². The summed E-state index contributed by atoms with van der Waals surface area (Å²) in [6.45, 7) is 0.503. The van der Waals surface area contributed by atoms with Crippen LogP contribution in [-0.4, -0.2) is 34.7 Å². The Kier molecular flexibility index (Phi) is 7.29. The van der Waals surface area contributed by atoms with Crippen LogP contribution in [0, 0.1) is 11.8 Å². The molecule has 1 fully saturated rings. The fraction of sp³-hybridized carbons (Fsp3) is 0.500. The van der Waals surface area contributed by atoms with Crippen LogP contribution in [0.3, 0.4) is 0 Å². The number of likely N-dealkylation sites (tertiary alicyclic amines) is 1. The van der Waals surface area contributed by atoms with E-state index in [0.29, 0.717) is 19.4 Å². The van der Waals surface area contributed by atoms with Crippen LogP contribution in [0.5, 0.6) is 0 Å². The molecule has 1 unspecified atom stereocenters. The molecule has 2 aliphatic rings. The van der Waals surface area contributed by atoms with E-state index in [2.05, 4.69) is 0 Å². The van der Waals surface area contributed by atoms with Gasteiger partial charge < -0.3 is 5.11 Å². The van der Waals surface area contributed by atoms with Gasteiger partial charge in [0.1, 0.15) is 0 Å². The maximum Gasteiger partial charge on any atom is 0.416 e. The monoisotopic (exact) mass is 481 g/mol. The summed E-state index contributed by atoms with van der Waals surface area (Å²) in [5, 5.41) is 9.31. The lowest BCUT2D eigenvalue weighted by atomic mass is 9.79. The predicted molar refractivity (Wildman–Crippen MR) is 107 cm³/mol. The highest BCUT2D eigenvalue weighted by Crippen LogP contribution is 2.38. The second-order valence-electron chi connectivity index (χ2n) is 8.25. The van der Waals surface area contributed by atoms with E-state index in [9.17, 15) is 31.1 Å². The number of carboxylic acid groups (broad SMARTS) is 1. The van der Waals surface area contributed by atoms with Gasteiger partial charge in [-0.2, -0.15) is 26.3 Å². The molecule has 10 heteroatoms. The molecule has 176 valence electrons. The number of hydrogen-bond acceptors (Lipinski definition) is 2. The number of aliphatic carboxylic acids is 1. The summed E-state index contributed by atoms with van der Waals surface area (Å²) >= 11 is 6.15. The normalized spacial score (nSPS) is 25.0. The van der Waals surface area contributed by atoms with Crippen LogP contribution in [0.4, 0.5) is 26.3 Å². The van der Waals surface area contributed by atoms with Gasteiger partial charge in [-0.1, -0.05) is 29.8 Å². The van der Waals surface area contributed by atoms with Crippen LogP contribution >= 0.6 is 11.6 Å². The van der Waals surface area contributed by atoms with Gasteiger partial charge in [-0.15, -0.1) is 0 Å². The summed E-state index contributed by atoms with van der Waals surface area (Å²) in [5.41, 5.74) is -1.29. The van der Waals surface area contributed by atoms with Gasteiger partial charge in [0.25, 0.3) is 0 Å². The lowest BCUT2D eigenvalue weighted by Gasteiger charge is -2.43. The molecule has 1 aliphatic carbocycles. The van der Waals surface area contributed by atoms with Crippen LogP contribution in [-0.2, 0) is 17.5 Å². The number of carbonyl (C=O) groups is 1. The highest BCUT2D eigenvalue weighted by molar-refractivity contribution is 6.31. The highest BCUT2D eigenvalue weighted by Gasteiger charge is 2.38. The Morgan fingerprint density at radius 2 is 1.88 bits per heavy atom. The molecule has 1 N–H and O–H groups in total. The fourth-order valence-corrected chi connectivity index (χ4v) is 4.60. The maximum atomic E-state index is 13.1. The Balaban J connectivity index is 1.83.